The van der Waals surface area contributed by atoms with E-state index in [1.54, 1.807) is 17.7 Å². The van der Waals surface area contributed by atoms with Crippen LogP contribution in [0.25, 0.3) is 21.1 Å². The molecular weight excluding hydrogens is 356 g/mol. The molecule has 8 heteroatoms. The van der Waals surface area contributed by atoms with Crippen LogP contribution in [0.3, 0.4) is 0 Å². The Morgan fingerprint density at radius 3 is 2.80 bits per heavy atom. The predicted octanol–water partition coefficient (Wildman–Crippen LogP) is 3.08. The van der Waals surface area contributed by atoms with Gasteiger partial charge in [0.15, 0.2) is 5.16 Å². The van der Waals surface area contributed by atoms with Crippen LogP contribution in [-0.4, -0.2) is 19.5 Å². The number of aromatic amines is 1. The number of benzene rings is 1. The molecule has 3 aromatic heterocycles. The van der Waals surface area contributed by atoms with E-state index in [-0.39, 0.29) is 16.4 Å². The van der Waals surface area contributed by atoms with Gasteiger partial charge in [-0.15, -0.1) is 11.3 Å². The Kier molecular flexibility index (Phi) is 3.93. The molecule has 0 aliphatic carbocycles. The highest BCUT2D eigenvalue weighted by Gasteiger charge is 2.17. The molecule has 4 rings (SSSR count). The Hall–Kier alpha value is -2.45. The molecule has 0 aliphatic heterocycles. The summed E-state index contributed by atoms with van der Waals surface area (Å²) in [7, 11) is 1.71. The minimum absolute atomic E-state index is 0.0605. The van der Waals surface area contributed by atoms with Gasteiger partial charge in [-0.25, -0.2) is 9.97 Å². The lowest BCUT2D eigenvalue weighted by atomic mass is 10.2. The molecule has 1 atom stereocenters. The van der Waals surface area contributed by atoms with Crippen LogP contribution in [-0.2, 0) is 7.05 Å². The first-order valence-corrected chi connectivity index (χ1v) is 9.40. The average molecular weight is 370 g/mol. The maximum absolute atomic E-state index is 12.4. The molecule has 126 valence electrons. The highest BCUT2D eigenvalue weighted by molar-refractivity contribution is 7.99. The maximum Gasteiger partial charge on any atom is 0.271 e. The van der Waals surface area contributed by atoms with Crippen LogP contribution >= 0.6 is 23.1 Å². The monoisotopic (exact) mass is 370 g/mol. The lowest BCUT2D eigenvalue weighted by Gasteiger charge is -2.13. The third kappa shape index (κ3) is 2.77. The maximum atomic E-state index is 12.4. The molecule has 6 nitrogen and oxygen atoms in total. The first kappa shape index (κ1) is 16.0. The minimum atomic E-state index is -0.164. The second-order valence-corrected chi connectivity index (χ2v) is 7.85. The smallest absolute Gasteiger partial charge is 0.271 e. The van der Waals surface area contributed by atoms with Crippen molar-refractivity contribution in [3.8, 4) is 0 Å². The summed E-state index contributed by atoms with van der Waals surface area (Å²) < 4.78 is 2.19. The van der Waals surface area contributed by atoms with E-state index in [1.165, 1.54) is 23.1 Å². The van der Waals surface area contributed by atoms with Crippen LogP contribution < -0.4 is 11.1 Å². The van der Waals surface area contributed by atoms with Crippen molar-refractivity contribution >= 4 is 44.2 Å². The number of thioether (sulfide) groups is 1. The number of nitrogens with one attached hydrogen (secondary N) is 1. The molecule has 25 heavy (non-hydrogen) atoms. The molecular formula is C17H14N4O2S2. The SMILES string of the molecule is C[C@@H](Sc1nc2ccsc2c(=O)n1C)c1nc2ccccc2c(=O)[nH]1. The summed E-state index contributed by atoms with van der Waals surface area (Å²) >= 11 is 2.79. The number of thiophene rings is 1. The van der Waals surface area contributed by atoms with Gasteiger partial charge >= 0.3 is 0 Å². The summed E-state index contributed by atoms with van der Waals surface area (Å²) in [5.74, 6) is 0.563. The molecule has 0 fully saturated rings. The molecule has 1 aromatic carbocycles. The van der Waals surface area contributed by atoms with E-state index >= 15 is 0 Å². The van der Waals surface area contributed by atoms with Gasteiger partial charge in [-0.1, -0.05) is 23.9 Å². The van der Waals surface area contributed by atoms with Gasteiger partial charge < -0.3 is 4.98 Å². The van der Waals surface area contributed by atoms with Crippen molar-refractivity contribution in [3.63, 3.8) is 0 Å². The van der Waals surface area contributed by atoms with Crippen LogP contribution in [0.2, 0.25) is 0 Å². The van der Waals surface area contributed by atoms with Crippen molar-refractivity contribution < 1.29 is 0 Å². The molecule has 3 heterocycles. The van der Waals surface area contributed by atoms with Crippen LogP contribution in [0.4, 0.5) is 0 Å². The normalized spacial score (nSPS) is 12.7. The Morgan fingerprint density at radius 2 is 1.96 bits per heavy atom. The summed E-state index contributed by atoms with van der Waals surface area (Å²) in [5, 5.41) is 2.86. The molecule has 0 unspecified atom stereocenters. The molecule has 0 saturated carbocycles. The van der Waals surface area contributed by atoms with E-state index in [0.29, 0.717) is 32.1 Å². The van der Waals surface area contributed by atoms with Crippen molar-refractivity contribution in [2.45, 2.75) is 17.3 Å². The topological polar surface area (TPSA) is 80.6 Å². The van der Waals surface area contributed by atoms with E-state index in [9.17, 15) is 9.59 Å². The lowest BCUT2D eigenvalue weighted by Crippen LogP contribution is -2.19. The Morgan fingerprint density at radius 1 is 1.16 bits per heavy atom. The number of aromatic nitrogens is 4. The standard InChI is InChI=1S/C17H14N4O2S2/c1-9(14-18-11-6-4-3-5-10(11)15(22)20-14)25-17-19-12-7-8-24-13(12)16(23)21(17)2/h3-9H,1-2H3,(H,18,20,22)/t9-/m1/s1. The molecule has 0 spiro atoms. The third-order valence-corrected chi connectivity index (χ3v) is 5.99. The number of nitrogens with zero attached hydrogens (tertiary/aromatic N) is 3. The summed E-state index contributed by atoms with van der Waals surface area (Å²) in [6.45, 7) is 1.93. The second kappa shape index (κ2) is 6.12. The van der Waals surface area contributed by atoms with Gasteiger partial charge in [0.2, 0.25) is 0 Å². The van der Waals surface area contributed by atoms with Crippen molar-refractivity contribution in [2.24, 2.45) is 7.05 Å². The molecule has 0 aliphatic rings. The predicted molar refractivity (Wildman–Crippen MR) is 101 cm³/mol. The first-order valence-electron chi connectivity index (χ1n) is 7.64. The first-order chi connectivity index (χ1) is 12.0. The van der Waals surface area contributed by atoms with Crippen LogP contribution in [0.1, 0.15) is 18.0 Å². The molecule has 0 bridgehead atoms. The zero-order valence-electron chi connectivity index (χ0n) is 13.5. The number of H-pyrrole nitrogens is 1. The Bertz CT molecular complexity index is 1210. The van der Waals surface area contributed by atoms with E-state index < -0.39 is 0 Å². The number of rotatable bonds is 3. The molecule has 0 amide bonds. The van der Waals surface area contributed by atoms with Gasteiger partial charge in [-0.3, -0.25) is 14.2 Å². The van der Waals surface area contributed by atoms with E-state index in [2.05, 4.69) is 15.0 Å². The number of fused-ring (bicyclic) bond motifs is 2. The van der Waals surface area contributed by atoms with E-state index in [1.807, 2.05) is 36.6 Å². The van der Waals surface area contributed by atoms with Crippen LogP contribution in [0.5, 0.6) is 0 Å². The van der Waals surface area contributed by atoms with Crippen LogP contribution in [0, 0.1) is 0 Å². The number of hydrogen-bond acceptors (Lipinski definition) is 6. The minimum Gasteiger partial charge on any atom is -0.309 e. The summed E-state index contributed by atoms with van der Waals surface area (Å²) in [4.78, 5) is 36.6. The Labute approximate surface area is 150 Å². The number of hydrogen-bond donors (Lipinski definition) is 1. The van der Waals surface area contributed by atoms with Gasteiger partial charge in [0, 0.05) is 7.05 Å². The summed E-state index contributed by atoms with van der Waals surface area (Å²) in [6.07, 6.45) is 0. The van der Waals surface area contributed by atoms with Gasteiger partial charge in [-0.05, 0) is 30.5 Å². The van der Waals surface area contributed by atoms with Gasteiger partial charge in [0.1, 0.15) is 10.5 Å². The fourth-order valence-corrected chi connectivity index (χ4v) is 4.32. The second-order valence-electron chi connectivity index (χ2n) is 5.62. The zero-order valence-corrected chi connectivity index (χ0v) is 15.1. The van der Waals surface area contributed by atoms with Crippen LogP contribution in [0.15, 0.2) is 50.5 Å². The Balaban J connectivity index is 1.75. The van der Waals surface area contributed by atoms with Gasteiger partial charge in [-0.2, -0.15) is 0 Å². The third-order valence-electron chi connectivity index (χ3n) is 3.94. The largest absolute Gasteiger partial charge is 0.309 e. The summed E-state index contributed by atoms with van der Waals surface area (Å²) in [5.41, 5.74) is 1.13. The van der Waals surface area contributed by atoms with Crippen molar-refractivity contribution in [1.29, 1.82) is 0 Å². The quantitative estimate of drug-likeness (QED) is 0.443. The fourth-order valence-electron chi connectivity index (χ4n) is 2.58. The molecule has 1 N–H and O–H groups in total. The zero-order chi connectivity index (χ0) is 17.6. The van der Waals surface area contributed by atoms with Crippen molar-refractivity contribution in [3.05, 3.63) is 62.2 Å². The van der Waals surface area contributed by atoms with E-state index in [0.717, 1.165) is 0 Å². The van der Waals surface area contributed by atoms with E-state index in [4.69, 9.17) is 0 Å². The summed E-state index contributed by atoms with van der Waals surface area (Å²) in [6, 6.07) is 9.07. The van der Waals surface area contributed by atoms with Gasteiger partial charge in [0.05, 0.1) is 21.7 Å². The highest BCUT2D eigenvalue weighted by Crippen LogP contribution is 2.32. The molecule has 0 saturated heterocycles. The highest BCUT2D eigenvalue weighted by atomic mass is 32.2. The molecule has 4 aromatic rings. The average Bonchev–Trinajstić information content (AvgIpc) is 3.08. The van der Waals surface area contributed by atoms with Crippen molar-refractivity contribution in [2.75, 3.05) is 0 Å². The molecule has 0 radical (unpaired) electrons. The van der Waals surface area contributed by atoms with Crippen molar-refractivity contribution in [1.82, 2.24) is 19.5 Å². The lowest BCUT2D eigenvalue weighted by molar-refractivity contribution is 0.724. The fraction of sp³-hybridized carbons (Fsp3) is 0.176. The van der Waals surface area contributed by atoms with Gasteiger partial charge in [0.25, 0.3) is 11.1 Å². The number of para-hydroxylation sites is 1.